The zero-order valence-electron chi connectivity index (χ0n) is 18.9. The Labute approximate surface area is 173 Å². The van der Waals surface area contributed by atoms with E-state index in [1.54, 1.807) is 0 Å². The van der Waals surface area contributed by atoms with Crippen LogP contribution < -0.4 is 0 Å². The van der Waals surface area contributed by atoms with Gasteiger partial charge in [-0.25, -0.2) is 0 Å². The van der Waals surface area contributed by atoms with Crippen molar-refractivity contribution in [3.05, 3.63) is 0 Å². The fraction of sp³-hybridized carbons (Fsp3) is 0.917. The zero-order valence-corrected chi connectivity index (χ0v) is 18.9. The van der Waals surface area contributed by atoms with Gasteiger partial charge in [0.05, 0.1) is 0 Å². The largest absolute Gasteiger partial charge is 0.343 e. The molecule has 0 bridgehead atoms. The summed E-state index contributed by atoms with van der Waals surface area (Å²) in [6.07, 6.45) is 10.7. The molecule has 28 heavy (non-hydrogen) atoms. The predicted molar refractivity (Wildman–Crippen MR) is 116 cm³/mol. The van der Waals surface area contributed by atoms with E-state index in [1.807, 2.05) is 0 Å². The van der Waals surface area contributed by atoms with E-state index in [1.165, 1.54) is 19.3 Å². The number of Topliss-reactive ketones (excluding diaryl/α,β-unsaturated/α-hetero) is 1. The summed E-state index contributed by atoms with van der Waals surface area (Å²) in [7, 11) is 0. The van der Waals surface area contributed by atoms with Gasteiger partial charge in [-0.3, -0.25) is 9.59 Å². The standard InChI is InChI=1S/C24H44N2O2/c1-5-20(4)24(28)21-11-15-25(16-12-21)22-13-17-26(18-14-22)23(27)10-8-6-7-9-19(2)3/h19-22H,5-18H2,1-4H3. The van der Waals surface area contributed by atoms with Crippen molar-refractivity contribution in [3.8, 4) is 0 Å². The molecule has 2 aliphatic rings. The normalized spacial score (nSPS) is 21.2. The maximum Gasteiger partial charge on any atom is 0.222 e. The highest BCUT2D eigenvalue weighted by atomic mass is 16.2. The Hall–Kier alpha value is -0.900. The highest BCUT2D eigenvalue weighted by molar-refractivity contribution is 5.83. The average molecular weight is 393 g/mol. The molecular weight excluding hydrogens is 348 g/mol. The Balaban J connectivity index is 1.63. The van der Waals surface area contributed by atoms with Gasteiger partial charge in [-0.15, -0.1) is 0 Å². The molecule has 2 aliphatic heterocycles. The highest BCUT2D eigenvalue weighted by Gasteiger charge is 2.32. The number of ketones is 1. The van der Waals surface area contributed by atoms with E-state index in [4.69, 9.17) is 0 Å². The Kier molecular flexibility index (Phi) is 9.98. The Morgan fingerprint density at radius 1 is 0.893 bits per heavy atom. The first-order valence-corrected chi connectivity index (χ1v) is 12.0. The van der Waals surface area contributed by atoms with Gasteiger partial charge in [-0.2, -0.15) is 0 Å². The van der Waals surface area contributed by atoms with Gasteiger partial charge in [0, 0.05) is 37.4 Å². The van der Waals surface area contributed by atoms with E-state index in [0.717, 1.165) is 77.0 Å². The molecule has 4 nitrogen and oxygen atoms in total. The minimum absolute atomic E-state index is 0.219. The summed E-state index contributed by atoms with van der Waals surface area (Å²) in [6.45, 7) is 12.7. The van der Waals surface area contributed by atoms with Gasteiger partial charge in [-0.05, 0) is 57.5 Å². The smallest absolute Gasteiger partial charge is 0.222 e. The molecule has 0 aromatic carbocycles. The highest BCUT2D eigenvalue weighted by Crippen LogP contribution is 2.27. The lowest BCUT2D eigenvalue weighted by molar-refractivity contribution is -0.133. The zero-order chi connectivity index (χ0) is 20.5. The van der Waals surface area contributed by atoms with Crippen LogP contribution in [0.3, 0.4) is 0 Å². The summed E-state index contributed by atoms with van der Waals surface area (Å²) in [6, 6.07) is 0.606. The molecular formula is C24H44N2O2. The molecule has 1 amide bonds. The Morgan fingerprint density at radius 3 is 2.11 bits per heavy atom. The number of nitrogens with zero attached hydrogens (tertiary/aromatic N) is 2. The van der Waals surface area contributed by atoms with Crippen LogP contribution in [-0.4, -0.2) is 53.7 Å². The molecule has 162 valence electrons. The van der Waals surface area contributed by atoms with E-state index < -0.39 is 0 Å². The van der Waals surface area contributed by atoms with Crippen LogP contribution in [-0.2, 0) is 9.59 Å². The lowest BCUT2D eigenvalue weighted by atomic mass is 9.84. The third kappa shape index (κ3) is 7.17. The minimum Gasteiger partial charge on any atom is -0.343 e. The molecule has 0 aromatic heterocycles. The van der Waals surface area contributed by atoms with Crippen molar-refractivity contribution in [1.82, 2.24) is 9.80 Å². The van der Waals surface area contributed by atoms with Crippen molar-refractivity contribution in [2.75, 3.05) is 26.2 Å². The molecule has 0 spiro atoms. The van der Waals surface area contributed by atoms with Crippen LogP contribution in [0, 0.1) is 17.8 Å². The maximum absolute atomic E-state index is 12.5. The van der Waals surface area contributed by atoms with Crippen LogP contribution in [0.4, 0.5) is 0 Å². The van der Waals surface area contributed by atoms with Gasteiger partial charge in [-0.1, -0.05) is 47.0 Å². The first kappa shape index (κ1) is 23.4. The molecule has 4 heteroatoms. The fourth-order valence-corrected chi connectivity index (χ4v) is 4.80. The van der Waals surface area contributed by atoms with Crippen LogP contribution in [0.2, 0.25) is 0 Å². The molecule has 1 atom stereocenters. The summed E-state index contributed by atoms with van der Waals surface area (Å²) in [5.74, 6) is 2.12. The molecule has 0 aliphatic carbocycles. The van der Waals surface area contributed by atoms with E-state index in [0.29, 0.717) is 17.7 Å². The molecule has 0 saturated carbocycles. The second kappa shape index (κ2) is 11.9. The molecule has 2 rings (SSSR count). The topological polar surface area (TPSA) is 40.6 Å². The predicted octanol–water partition coefficient (Wildman–Crippen LogP) is 4.91. The molecule has 0 radical (unpaired) electrons. The van der Waals surface area contributed by atoms with Gasteiger partial charge >= 0.3 is 0 Å². The third-order valence-corrected chi connectivity index (χ3v) is 7.04. The van der Waals surface area contributed by atoms with Gasteiger partial charge in [0.25, 0.3) is 0 Å². The van der Waals surface area contributed by atoms with E-state index in [9.17, 15) is 9.59 Å². The van der Waals surface area contributed by atoms with E-state index >= 15 is 0 Å². The second-order valence-electron chi connectivity index (χ2n) is 9.63. The fourth-order valence-electron chi connectivity index (χ4n) is 4.80. The number of rotatable bonds is 10. The summed E-state index contributed by atoms with van der Waals surface area (Å²) in [5, 5.41) is 0. The van der Waals surface area contributed by atoms with Gasteiger partial charge < -0.3 is 9.80 Å². The number of carbonyl (C=O) groups is 2. The monoisotopic (exact) mass is 392 g/mol. The van der Waals surface area contributed by atoms with E-state index in [2.05, 4.69) is 37.5 Å². The number of likely N-dealkylation sites (tertiary alicyclic amines) is 2. The van der Waals surface area contributed by atoms with Gasteiger partial charge in [0.2, 0.25) is 5.91 Å². The molecule has 2 saturated heterocycles. The molecule has 2 heterocycles. The van der Waals surface area contributed by atoms with Crippen LogP contribution in [0.5, 0.6) is 0 Å². The van der Waals surface area contributed by atoms with Gasteiger partial charge in [0.1, 0.15) is 5.78 Å². The SMILES string of the molecule is CCC(C)C(=O)C1CCN(C2CCN(C(=O)CCCCCC(C)C)CC2)CC1. The minimum atomic E-state index is 0.219. The van der Waals surface area contributed by atoms with Crippen LogP contribution in [0.1, 0.15) is 91.9 Å². The number of carbonyl (C=O) groups excluding carboxylic acids is 2. The quantitative estimate of drug-likeness (QED) is 0.496. The number of hydrogen-bond acceptors (Lipinski definition) is 3. The van der Waals surface area contributed by atoms with Crippen LogP contribution in [0.25, 0.3) is 0 Å². The number of unbranched alkanes of at least 4 members (excludes halogenated alkanes) is 2. The summed E-state index contributed by atoms with van der Waals surface area (Å²) in [5.41, 5.74) is 0. The first-order valence-electron chi connectivity index (χ1n) is 12.0. The number of hydrogen-bond donors (Lipinski definition) is 0. The third-order valence-electron chi connectivity index (χ3n) is 7.04. The summed E-state index contributed by atoms with van der Waals surface area (Å²) in [4.78, 5) is 29.6. The van der Waals surface area contributed by atoms with E-state index in [-0.39, 0.29) is 11.8 Å². The van der Waals surface area contributed by atoms with Crippen molar-refractivity contribution in [1.29, 1.82) is 0 Å². The van der Waals surface area contributed by atoms with Gasteiger partial charge in [0.15, 0.2) is 0 Å². The van der Waals surface area contributed by atoms with Crippen molar-refractivity contribution >= 4 is 11.7 Å². The molecule has 1 unspecified atom stereocenters. The van der Waals surface area contributed by atoms with Crippen molar-refractivity contribution < 1.29 is 9.59 Å². The average Bonchev–Trinajstić information content (AvgIpc) is 2.72. The summed E-state index contributed by atoms with van der Waals surface area (Å²) >= 11 is 0. The Morgan fingerprint density at radius 2 is 1.54 bits per heavy atom. The maximum atomic E-state index is 12.5. The van der Waals surface area contributed by atoms with Crippen molar-refractivity contribution in [3.63, 3.8) is 0 Å². The second-order valence-corrected chi connectivity index (χ2v) is 9.63. The molecule has 0 aromatic rings. The number of piperidine rings is 2. The first-order chi connectivity index (χ1) is 13.4. The molecule has 0 N–H and O–H groups in total. The lowest BCUT2D eigenvalue weighted by Crippen LogP contribution is -2.49. The summed E-state index contributed by atoms with van der Waals surface area (Å²) < 4.78 is 0. The number of amides is 1. The van der Waals surface area contributed by atoms with Crippen molar-refractivity contribution in [2.45, 2.75) is 97.9 Å². The van der Waals surface area contributed by atoms with Crippen LogP contribution in [0.15, 0.2) is 0 Å². The van der Waals surface area contributed by atoms with Crippen molar-refractivity contribution in [2.24, 2.45) is 17.8 Å². The Bertz CT molecular complexity index is 475. The molecule has 2 fully saturated rings. The van der Waals surface area contributed by atoms with Crippen LogP contribution >= 0.6 is 0 Å². The lowest BCUT2D eigenvalue weighted by Gasteiger charge is -2.42.